The lowest BCUT2D eigenvalue weighted by atomic mass is 10.1. The monoisotopic (exact) mass is 203 g/mol. The van der Waals surface area contributed by atoms with Gasteiger partial charge < -0.3 is 10.5 Å². The van der Waals surface area contributed by atoms with E-state index in [1.165, 1.54) is 5.56 Å². The van der Waals surface area contributed by atoms with Crippen molar-refractivity contribution >= 4 is 5.69 Å². The van der Waals surface area contributed by atoms with Crippen molar-refractivity contribution in [2.45, 2.75) is 26.2 Å². The molecule has 0 aromatic heterocycles. The summed E-state index contributed by atoms with van der Waals surface area (Å²) in [6.07, 6.45) is 7.74. The van der Waals surface area contributed by atoms with E-state index in [9.17, 15) is 0 Å². The van der Waals surface area contributed by atoms with Crippen molar-refractivity contribution in [1.29, 1.82) is 0 Å². The smallest absolute Gasteiger partial charge is 0.142 e. The molecule has 0 unspecified atom stereocenters. The van der Waals surface area contributed by atoms with Gasteiger partial charge in [-0.05, 0) is 30.5 Å². The third-order valence-electron chi connectivity index (χ3n) is 2.21. The van der Waals surface area contributed by atoms with E-state index in [0.717, 1.165) is 25.0 Å². The number of benzene rings is 1. The summed E-state index contributed by atoms with van der Waals surface area (Å²) in [6, 6.07) is 5.91. The van der Waals surface area contributed by atoms with Crippen LogP contribution in [0.3, 0.4) is 0 Å². The lowest BCUT2D eigenvalue weighted by Crippen LogP contribution is -2.00. The van der Waals surface area contributed by atoms with E-state index < -0.39 is 0 Å². The average Bonchev–Trinajstić information content (AvgIpc) is 2.26. The van der Waals surface area contributed by atoms with E-state index in [1.54, 1.807) is 0 Å². The number of hydrogen-bond acceptors (Lipinski definition) is 2. The number of anilines is 1. The molecule has 15 heavy (non-hydrogen) atoms. The van der Waals surface area contributed by atoms with Crippen LogP contribution in [0.2, 0.25) is 0 Å². The van der Waals surface area contributed by atoms with Crippen LogP contribution in [0.4, 0.5) is 5.69 Å². The van der Waals surface area contributed by atoms with Crippen LogP contribution in [-0.4, -0.2) is 6.61 Å². The molecule has 0 aliphatic heterocycles. The van der Waals surface area contributed by atoms with E-state index in [4.69, 9.17) is 16.9 Å². The van der Waals surface area contributed by atoms with Crippen molar-refractivity contribution in [2.75, 3.05) is 12.3 Å². The van der Waals surface area contributed by atoms with Crippen LogP contribution in [0.1, 0.15) is 25.3 Å². The van der Waals surface area contributed by atoms with Crippen LogP contribution in [-0.2, 0) is 6.42 Å². The van der Waals surface area contributed by atoms with Gasteiger partial charge in [0.15, 0.2) is 0 Å². The van der Waals surface area contributed by atoms with E-state index in [-0.39, 0.29) is 0 Å². The Labute approximate surface area is 91.4 Å². The second-order valence-electron chi connectivity index (χ2n) is 3.38. The summed E-state index contributed by atoms with van der Waals surface area (Å²) in [5.74, 6) is 3.33. The predicted octanol–water partition coefficient (Wildman–Crippen LogP) is 2.62. The van der Waals surface area contributed by atoms with Gasteiger partial charge in [-0.25, -0.2) is 0 Å². The number of nitrogen functional groups attached to an aromatic ring is 1. The standard InChI is InChI=1S/C13H17NO/c1-3-5-6-9-15-13-8-7-11(4-2)10-12(13)14/h1,7-8,10H,4-6,9,14H2,2H3. The molecule has 0 aliphatic rings. The van der Waals surface area contributed by atoms with E-state index in [2.05, 4.69) is 12.8 Å². The fourth-order valence-electron chi connectivity index (χ4n) is 1.31. The fourth-order valence-corrected chi connectivity index (χ4v) is 1.31. The molecule has 2 N–H and O–H groups in total. The predicted molar refractivity (Wildman–Crippen MR) is 63.8 cm³/mol. The van der Waals surface area contributed by atoms with Crippen LogP contribution in [0.25, 0.3) is 0 Å². The molecule has 0 saturated heterocycles. The molecule has 80 valence electrons. The Morgan fingerprint density at radius 3 is 2.87 bits per heavy atom. The largest absolute Gasteiger partial charge is 0.491 e. The summed E-state index contributed by atoms with van der Waals surface area (Å²) in [4.78, 5) is 0. The molecule has 0 saturated carbocycles. The van der Waals surface area contributed by atoms with Crippen LogP contribution < -0.4 is 10.5 Å². The van der Waals surface area contributed by atoms with Gasteiger partial charge in [0, 0.05) is 6.42 Å². The van der Waals surface area contributed by atoms with Gasteiger partial charge in [0.25, 0.3) is 0 Å². The summed E-state index contributed by atoms with van der Waals surface area (Å²) in [5.41, 5.74) is 7.78. The molecule has 2 heteroatoms. The molecular weight excluding hydrogens is 186 g/mol. The van der Waals surface area contributed by atoms with Crippen molar-refractivity contribution in [1.82, 2.24) is 0 Å². The molecule has 1 aromatic carbocycles. The van der Waals surface area contributed by atoms with E-state index in [1.807, 2.05) is 18.2 Å². The maximum absolute atomic E-state index is 5.85. The molecule has 0 amide bonds. The maximum Gasteiger partial charge on any atom is 0.142 e. The first-order valence-electron chi connectivity index (χ1n) is 5.22. The van der Waals surface area contributed by atoms with Gasteiger partial charge in [0.05, 0.1) is 12.3 Å². The molecule has 0 heterocycles. The van der Waals surface area contributed by atoms with Crippen LogP contribution >= 0.6 is 0 Å². The minimum atomic E-state index is 0.625. The SMILES string of the molecule is C#CCCCOc1ccc(CC)cc1N. The maximum atomic E-state index is 5.85. The summed E-state index contributed by atoms with van der Waals surface area (Å²) >= 11 is 0. The van der Waals surface area contributed by atoms with Crippen LogP contribution in [0, 0.1) is 12.3 Å². The Hall–Kier alpha value is -1.62. The third-order valence-corrected chi connectivity index (χ3v) is 2.21. The lowest BCUT2D eigenvalue weighted by molar-refractivity contribution is 0.314. The Morgan fingerprint density at radius 2 is 2.27 bits per heavy atom. The summed E-state index contributed by atoms with van der Waals surface area (Å²) in [5, 5.41) is 0. The van der Waals surface area contributed by atoms with Crippen LogP contribution in [0.5, 0.6) is 5.75 Å². The van der Waals surface area contributed by atoms with Crippen molar-refractivity contribution in [2.24, 2.45) is 0 Å². The van der Waals surface area contributed by atoms with Gasteiger partial charge >= 0.3 is 0 Å². The summed E-state index contributed by atoms with van der Waals surface area (Å²) in [7, 11) is 0. The molecule has 0 aliphatic carbocycles. The Morgan fingerprint density at radius 1 is 1.47 bits per heavy atom. The molecule has 1 aromatic rings. The molecule has 0 radical (unpaired) electrons. The van der Waals surface area contributed by atoms with Crippen molar-refractivity contribution in [3.8, 4) is 18.1 Å². The number of hydrogen-bond donors (Lipinski definition) is 1. The summed E-state index contributed by atoms with van der Waals surface area (Å²) in [6.45, 7) is 2.72. The minimum absolute atomic E-state index is 0.625. The second-order valence-corrected chi connectivity index (χ2v) is 3.38. The molecule has 0 atom stereocenters. The van der Waals surface area contributed by atoms with E-state index >= 15 is 0 Å². The molecule has 1 rings (SSSR count). The van der Waals surface area contributed by atoms with Gasteiger partial charge in [-0.1, -0.05) is 13.0 Å². The van der Waals surface area contributed by atoms with Crippen molar-refractivity contribution in [3.05, 3.63) is 23.8 Å². The number of ether oxygens (including phenoxy) is 1. The topological polar surface area (TPSA) is 35.2 Å². The summed E-state index contributed by atoms with van der Waals surface area (Å²) < 4.78 is 5.52. The van der Waals surface area contributed by atoms with Gasteiger partial charge in [-0.2, -0.15) is 0 Å². The first kappa shape index (κ1) is 11.5. The fraction of sp³-hybridized carbons (Fsp3) is 0.385. The number of unbranched alkanes of at least 4 members (excludes halogenated alkanes) is 1. The van der Waals surface area contributed by atoms with Gasteiger partial charge in [0.2, 0.25) is 0 Å². The third kappa shape index (κ3) is 3.55. The zero-order valence-electron chi connectivity index (χ0n) is 9.12. The van der Waals surface area contributed by atoms with Crippen molar-refractivity contribution < 1.29 is 4.74 Å². The number of aryl methyl sites for hydroxylation is 1. The quantitative estimate of drug-likeness (QED) is 0.453. The average molecular weight is 203 g/mol. The first-order chi connectivity index (χ1) is 7.27. The molecule has 0 bridgehead atoms. The molecule has 0 fully saturated rings. The van der Waals surface area contributed by atoms with E-state index in [0.29, 0.717) is 12.3 Å². The Balaban J connectivity index is 2.51. The molecular formula is C13H17NO. The first-order valence-corrected chi connectivity index (χ1v) is 5.22. The number of nitrogens with two attached hydrogens (primary N) is 1. The number of terminal acetylenes is 1. The second kappa shape index (κ2) is 5.98. The molecule has 2 nitrogen and oxygen atoms in total. The number of rotatable bonds is 5. The highest BCUT2D eigenvalue weighted by Gasteiger charge is 2.00. The van der Waals surface area contributed by atoms with Crippen LogP contribution in [0.15, 0.2) is 18.2 Å². The zero-order chi connectivity index (χ0) is 11.1. The Kier molecular flexibility index (Phi) is 4.56. The van der Waals surface area contributed by atoms with Gasteiger partial charge in [-0.15, -0.1) is 12.3 Å². The van der Waals surface area contributed by atoms with Gasteiger partial charge in [0.1, 0.15) is 5.75 Å². The highest BCUT2D eigenvalue weighted by atomic mass is 16.5. The van der Waals surface area contributed by atoms with Gasteiger partial charge in [-0.3, -0.25) is 0 Å². The lowest BCUT2D eigenvalue weighted by Gasteiger charge is -2.09. The normalized spacial score (nSPS) is 9.60. The Bertz CT molecular complexity index is 352. The highest BCUT2D eigenvalue weighted by Crippen LogP contribution is 2.22. The van der Waals surface area contributed by atoms with Crippen molar-refractivity contribution in [3.63, 3.8) is 0 Å². The highest BCUT2D eigenvalue weighted by molar-refractivity contribution is 5.54. The zero-order valence-corrected chi connectivity index (χ0v) is 9.12. The molecule has 0 spiro atoms. The minimum Gasteiger partial charge on any atom is -0.491 e.